The van der Waals surface area contributed by atoms with Gasteiger partial charge in [0.15, 0.2) is 0 Å². The molecule has 0 aliphatic carbocycles. The summed E-state index contributed by atoms with van der Waals surface area (Å²) >= 11 is 0. The number of benzene rings is 1. The van der Waals surface area contributed by atoms with Crippen molar-refractivity contribution >= 4 is 24.0 Å². The first-order chi connectivity index (χ1) is 9.72. The minimum Gasteiger partial charge on any atom is -0.497 e. The third kappa shape index (κ3) is 5.10. The first-order valence-corrected chi connectivity index (χ1v) is 6.95. The van der Waals surface area contributed by atoms with Gasteiger partial charge in [0.1, 0.15) is 11.5 Å². The van der Waals surface area contributed by atoms with Gasteiger partial charge in [-0.1, -0.05) is 0 Å². The maximum absolute atomic E-state index is 12.0. The fraction of sp³-hybridized carbons (Fsp3) is 0.533. The molecule has 1 aliphatic heterocycles. The van der Waals surface area contributed by atoms with Gasteiger partial charge in [-0.15, -0.1) is 12.4 Å². The number of hydrogen-bond acceptors (Lipinski definition) is 4. The standard InChI is InChI=1S/C15H22N2O3.ClH/c1-19-12-4-5-14(20-2)13(9-12)17-15(18)6-3-11-7-8-16-10-11;/h4-5,9,11,16H,3,6-8,10H2,1-2H3,(H,17,18);1H. The van der Waals surface area contributed by atoms with E-state index in [0.717, 1.165) is 25.9 Å². The molecule has 1 aliphatic rings. The molecule has 1 atom stereocenters. The minimum atomic E-state index is 0. The van der Waals surface area contributed by atoms with Crippen LogP contribution in [0.15, 0.2) is 18.2 Å². The third-order valence-electron chi connectivity index (χ3n) is 3.62. The zero-order chi connectivity index (χ0) is 14.4. The lowest BCUT2D eigenvalue weighted by Gasteiger charge is -2.12. The molecule has 0 aromatic heterocycles. The summed E-state index contributed by atoms with van der Waals surface area (Å²) in [5.41, 5.74) is 0.654. The average molecular weight is 315 g/mol. The van der Waals surface area contributed by atoms with E-state index >= 15 is 0 Å². The number of hydrogen-bond donors (Lipinski definition) is 2. The van der Waals surface area contributed by atoms with Crippen molar-refractivity contribution in [1.82, 2.24) is 5.32 Å². The van der Waals surface area contributed by atoms with Gasteiger partial charge < -0.3 is 20.1 Å². The molecule has 1 saturated heterocycles. The summed E-state index contributed by atoms with van der Waals surface area (Å²) in [5.74, 6) is 1.97. The molecule has 6 heteroatoms. The second-order valence-corrected chi connectivity index (χ2v) is 5.01. The largest absolute Gasteiger partial charge is 0.497 e. The van der Waals surface area contributed by atoms with Crippen molar-refractivity contribution in [1.29, 1.82) is 0 Å². The summed E-state index contributed by atoms with van der Waals surface area (Å²) in [6.07, 6.45) is 2.62. The van der Waals surface area contributed by atoms with Gasteiger partial charge in [0.25, 0.3) is 0 Å². The molecule has 0 radical (unpaired) electrons. The number of halogens is 1. The molecule has 2 rings (SSSR count). The van der Waals surface area contributed by atoms with Crippen molar-refractivity contribution in [2.75, 3.05) is 32.6 Å². The lowest BCUT2D eigenvalue weighted by Crippen LogP contribution is -2.15. The number of nitrogens with one attached hydrogen (secondary N) is 2. The molecule has 1 heterocycles. The van der Waals surface area contributed by atoms with Crippen molar-refractivity contribution in [2.24, 2.45) is 5.92 Å². The second kappa shape index (κ2) is 8.74. The van der Waals surface area contributed by atoms with E-state index in [4.69, 9.17) is 9.47 Å². The van der Waals surface area contributed by atoms with Gasteiger partial charge in [0.2, 0.25) is 5.91 Å². The molecule has 2 N–H and O–H groups in total. The molecule has 1 fully saturated rings. The van der Waals surface area contributed by atoms with Crippen LogP contribution in [0, 0.1) is 5.92 Å². The number of anilines is 1. The summed E-state index contributed by atoms with van der Waals surface area (Å²) in [6.45, 7) is 2.09. The van der Waals surface area contributed by atoms with E-state index in [1.165, 1.54) is 0 Å². The van der Waals surface area contributed by atoms with Crippen LogP contribution in [-0.2, 0) is 4.79 Å². The Morgan fingerprint density at radius 1 is 1.38 bits per heavy atom. The summed E-state index contributed by atoms with van der Waals surface area (Å²) < 4.78 is 10.4. The van der Waals surface area contributed by atoms with Gasteiger partial charge in [-0.05, 0) is 44.0 Å². The Bertz CT molecular complexity index is 462. The van der Waals surface area contributed by atoms with Crippen LogP contribution >= 0.6 is 12.4 Å². The van der Waals surface area contributed by atoms with Crippen molar-refractivity contribution in [3.05, 3.63) is 18.2 Å². The zero-order valence-corrected chi connectivity index (χ0v) is 13.3. The maximum atomic E-state index is 12.0. The smallest absolute Gasteiger partial charge is 0.224 e. The Balaban J connectivity index is 0.00000220. The van der Waals surface area contributed by atoms with Crippen LogP contribution < -0.4 is 20.1 Å². The molecular weight excluding hydrogens is 292 g/mol. The molecule has 0 saturated carbocycles. The number of amides is 1. The predicted molar refractivity (Wildman–Crippen MR) is 85.6 cm³/mol. The van der Waals surface area contributed by atoms with E-state index < -0.39 is 0 Å². The molecule has 1 aromatic carbocycles. The Hall–Kier alpha value is -1.46. The van der Waals surface area contributed by atoms with Crippen LogP contribution in [0.4, 0.5) is 5.69 Å². The molecular formula is C15H23ClN2O3. The van der Waals surface area contributed by atoms with Gasteiger partial charge in [0, 0.05) is 12.5 Å². The van der Waals surface area contributed by atoms with E-state index in [0.29, 0.717) is 29.5 Å². The lowest BCUT2D eigenvalue weighted by molar-refractivity contribution is -0.116. The van der Waals surface area contributed by atoms with Gasteiger partial charge in [-0.2, -0.15) is 0 Å². The van der Waals surface area contributed by atoms with Crippen molar-refractivity contribution in [2.45, 2.75) is 19.3 Å². The van der Waals surface area contributed by atoms with Crippen LogP contribution in [0.3, 0.4) is 0 Å². The average Bonchev–Trinajstić information content (AvgIpc) is 2.98. The van der Waals surface area contributed by atoms with E-state index in [1.807, 2.05) is 0 Å². The number of carbonyl (C=O) groups is 1. The summed E-state index contributed by atoms with van der Waals surface area (Å²) in [5, 5.41) is 6.21. The first kappa shape index (κ1) is 17.6. The Morgan fingerprint density at radius 2 is 2.19 bits per heavy atom. The first-order valence-electron chi connectivity index (χ1n) is 6.95. The molecule has 1 amide bonds. The topological polar surface area (TPSA) is 59.6 Å². The fourth-order valence-corrected chi connectivity index (χ4v) is 2.42. The van der Waals surface area contributed by atoms with Crippen LogP contribution in [0.25, 0.3) is 0 Å². The van der Waals surface area contributed by atoms with Gasteiger partial charge >= 0.3 is 0 Å². The molecule has 5 nitrogen and oxygen atoms in total. The lowest BCUT2D eigenvalue weighted by atomic mass is 10.0. The second-order valence-electron chi connectivity index (χ2n) is 5.01. The predicted octanol–water partition coefficient (Wildman–Crippen LogP) is 2.45. The Labute approximate surface area is 131 Å². The van der Waals surface area contributed by atoms with E-state index in [9.17, 15) is 4.79 Å². The summed E-state index contributed by atoms with van der Waals surface area (Å²) in [7, 11) is 3.18. The minimum absolute atomic E-state index is 0. The van der Waals surface area contributed by atoms with E-state index in [2.05, 4.69) is 10.6 Å². The Kier molecular flexibility index (Phi) is 7.32. The van der Waals surface area contributed by atoms with Crippen LogP contribution in [0.1, 0.15) is 19.3 Å². The monoisotopic (exact) mass is 314 g/mol. The molecule has 21 heavy (non-hydrogen) atoms. The zero-order valence-electron chi connectivity index (χ0n) is 12.5. The summed E-state index contributed by atoms with van der Waals surface area (Å²) in [4.78, 5) is 12.0. The number of methoxy groups -OCH3 is 2. The van der Waals surface area contributed by atoms with Gasteiger partial charge in [-0.3, -0.25) is 4.79 Å². The fourth-order valence-electron chi connectivity index (χ4n) is 2.42. The van der Waals surface area contributed by atoms with Crippen LogP contribution in [0.2, 0.25) is 0 Å². The molecule has 1 unspecified atom stereocenters. The highest BCUT2D eigenvalue weighted by atomic mass is 35.5. The normalized spacial score (nSPS) is 17.0. The maximum Gasteiger partial charge on any atom is 0.224 e. The van der Waals surface area contributed by atoms with Crippen LogP contribution in [0.5, 0.6) is 11.5 Å². The van der Waals surface area contributed by atoms with Crippen molar-refractivity contribution < 1.29 is 14.3 Å². The molecule has 118 valence electrons. The Morgan fingerprint density at radius 3 is 2.81 bits per heavy atom. The number of ether oxygens (including phenoxy) is 2. The molecule has 0 spiro atoms. The summed E-state index contributed by atoms with van der Waals surface area (Å²) in [6, 6.07) is 5.36. The van der Waals surface area contributed by atoms with E-state index in [1.54, 1.807) is 32.4 Å². The third-order valence-corrected chi connectivity index (χ3v) is 3.62. The van der Waals surface area contributed by atoms with E-state index in [-0.39, 0.29) is 18.3 Å². The van der Waals surface area contributed by atoms with Gasteiger partial charge in [-0.25, -0.2) is 0 Å². The highest BCUT2D eigenvalue weighted by Gasteiger charge is 2.16. The quantitative estimate of drug-likeness (QED) is 0.847. The molecule has 0 bridgehead atoms. The molecule has 1 aromatic rings. The van der Waals surface area contributed by atoms with Crippen molar-refractivity contribution in [3.8, 4) is 11.5 Å². The van der Waals surface area contributed by atoms with Crippen LogP contribution in [-0.4, -0.2) is 33.2 Å². The number of carbonyl (C=O) groups excluding carboxylic acids is 1. The number of rotatable bonds is 6. The van der Waals surface area contributed by atoms with Gasteiger partial charge in [0.05, 0.1) is 19.9 Å². The van der Waals surface area contributed by atoms with Crippen molar-refractivity contribution in [3.63, 3.8) is 0 Å². The highest BCUT2D eigenvalue weighted by Crippen LogP contribution is 2.29. The highest BCUT2D eigenvalue weighted by molar-refractivity contribution is 5.92. The SMILES string of the molecule is COc1ccc(OC)c(NC(=O)CCC2CCNC2)c1.Cl.